The summed E-state index contributed by atoms with van der Waals surface area (Å²) in [7, 11) is 1.89. The Morgan fingerprint density at radius 2 is 2.00 bits per heavy atom. The van der Waals surface area contributed by atoms with Gasteiger partial charge in [-0.15, -0.1) is 0 Å². The minimum Gasteiger partial charge on any atom is -0.365 e. The van der Waals surface area contributed by atoms with Crippen LogP contribution in [0.1, 0.15) is 5.56 Å². The van der Waals surface area contributed by atoms with Gasteiger partial charge < -0.3 is 15.1 Å². The number of hydrogen-bond acceptors (Lipinski definition) is 4. The van der Waals surface area contributed by atoms with Crippen LogP contribution in [0.15, 0.2) is 24.3 Å². The summed E-state index contributed by atoms with van der Waals surface area (Å²) < 4.78 is 0. The Balaban J connectivity index is 1.93. The van der Waals surface area contributed by atoms with Gasteiger partial charge in [0.25, 0.3) is 0 Å². The molecule has 0 unspecified atom stereocenters. The fourth-order valence-corrected chi connectivity index (χ4v) is 2.10. The van der Waals surface area contributed by atoms with Gasteiger partial charge in [-0.1, -0.05) is 0 Å². The summed E-state index contributed by atoms with van der Waals surface area (Å²) in [6.45, 7) is 3.66. The molecular formula is C14H18N4O. The second kappa shape index (κ2) is 6.21. The van der Waals surface area contributed by atoms with Gasteiger partial charge in [0, 0.05) is 38.9 Å². The monoisotopic (exact) mass is 258 g/mol. The second-order valence-corrected chi connectivity index (χ2v) is 4.65. The van der Waals surface area contributed by atoms with Crippen molar-refractivity contribution in [3.05, 3.63) is 29.8 Å². The summed E-state index contributed by atoms with van der Waals surface area (Å²) in [5.74, 6) is 0.147. The lowest BCUT2D eigenvalue weighted by Gasteiger charge is -2.29. The topological polar surface area (TPSA) is 59.4 Å². The van der Waals surface area contributed by atoms with E-state index in [9.17, 15) is 4.79 Å². The lowest BCUT2D eigenvalue weighted by Crippen LogP contribution is -2.49. The Hall–Kier alpha value is -2.06. The number of nitriles is 1. The summed E-state index contributed by atoms with van der Waals surface area (Å²) in [6.07, 6.45) is 0. The van der Waals surface area contributed by atoms with Crippen molar-refractivity contribution in [2.75, 3.05) is 44.7 Å². The second-order valence-electron chi connectivity index (χ2n) is 4.65. The van der Waals surface area contributed by atoms with Crippen LogP contribution >= 0.6 is 0 Å². The number of piperazine rings is 1. The van der Waals surface area contributed by atoms with E-state index in [-0.39, 0.29) is 5.91 Å². The highest BCUT2D eigenvalue weighted by Gasteiger charge is 2.17. The first-order chi connectivity index (χ1) is 9.20. The molecule has 5 nitrogen and oxygen atoms in total. The summed E-state index contributed by atoms with van der Waals surface area (Å²) in [4.78, 5) is 15.9. The van der Waals surface area contributed by atoms with Crippen LogP contribution in [0.4, 0.5) is 5.69 Å². The van der Waals surface area contributed by atoms with E-state index >= 15 is 0 Å². The first-order valence-electron chi connectivity index (χ1n) is 6.40. The first-order valence-corrected chi connectivity index (χ1v) is 6.40. The van der Waals surface area contributed by atoms with Crippen LogP contribution in [0.3, 0.4) is 0 Å². The van der Waals surface area contributed by atoms with E-state index in [0.29, 0.717) is 12.1 Å². The number of nitrogens with one attached hydrogen (secondary N) is 1. The zero-order chi connectivity index (χ0) is 13.7. The molecule has 1 aromatic carbocycles. The van der Waals surface area contributed by atoms with Crippen LogP contribution in [-0.2, 0) is 4.79 Å². The van der Waals surface area contributed by atoms with Crippen LogP contribution in [0.5, 0.6) is 0 Å². The molecule has 1 aliphatic heterocycles. The third-order valence-electron chi connectivity index (χ3n) is 3.28. The van der Waals surface area contributed by atoms with Gasteiger partial charge in [-0.2, -0.15) is 5.26 Å². The normalized spacial score (nSPS) is 14.8. The molecule has 0 bridgehead atoms. The summed E-state index contributed by atoms with van der Waals surface area (Å²) in [5.41, 5.74) is 1.58. The maximum atomic E-state index is 12.1. The molecule has 0 aromatic heterocycles. The van der Waals surface area contributed by atoms with Gasteiger partial charge in [-0.25, -0.2) is 0 Å². The standard InChI is InChI=1S/C14H18N4O/c1-17(13-4-2-12(10-15)3-5-13)11-14(19)18-8-6-16-7-9-18/h2-5,16H,6-9,11H2,1H3. The molecule has 1 saturated heterocycles. The maximum Gasteiger partial charge on any atom is 0.242 e. The van der Waals surface area contributed by atoms with Crippen molar-refractivity contribution in [2.45, 2.75) is 0 Å². The molecule has 1 heterocycles. The maximum absolute atomic E-state index is 12.1. The Kier molecular flexibility index (Phi) is 4.37. The van der Waals surface area contributed by atoms with Gasteiger partial charge >= 0.3 is 0 Å². The number of anilines is 1. The van der Waals surface area contributed by atoms with E-state index in [1.807, 2.05) is 29.0 Å². The highest BCUT2D eigenvalue weighted by molar-refractivity contribution is 5.81. The largest absolute Gasteiger partial charge is 0.365 e. The van der Waals surface area contributed by atoms with E-state index in [4.69, 9.17) is 5.26 Å². The van der Waals surface area contributed by atoms with Crippen molar-refractivity contribution in [1.29, 1.82) is 5.26 Å². The third-order valence-corrected chi connectivity index (χ3v) is 3.28. The Morgan fingerprint density at radius 1 is 1.37 bits per heavy atom. The molecule has 1 N–H and O–H groups in total. The fraction of sp³-hybridized carbons (Fsp3) is 0.429. The van der Waals surface area contributed by atoms with Crippen molar-refractivity contribution < 1.29 is 4.79 Å². The molecule has 1 aromatic rings. The van der Waals surface area contributed by atoms with Crippen molar-refractivity contribution in [3.8, 4) is 6.07 Å². The third kappa shape index (κ3) is 3.46. The smallest absolute Gasteiger partial charge is 0.242 e. The highest BCUT2D eigenvalue weighted by Crippen LogP contribution is 2.13. The van der Waals surface area contributed by atoms with Crippen LogP contribution in [0.2, 0.25) is 0 Å². The number of carbonyl (C=O) groups is 1. The average Bonchev–Trinajstić information content (AvgIpc) is 2.48. The van der Waals surface area contributed by atoms with Crippen LogP contribution in [0, 0.1) is 11.3 Å². The molecule has 0 saturated carbocycles. The number of nitrogens with zero attached hydrogens (tertiary/aromatic N) is 3. The molecule has 0 spiro atoms. The average molecular weight is 258 g/mol. The fourth-order valence-electron chi connectivity index (χ4n) is 2.10. The van der Waals surface area contributed by atoms with Gasteiger partial charge in [0.15, 0.2) is 0 Å². The number of likely N-dealkylation sites (N-methyl/N-ethyl adjacent to an activating group) is 1. The molecular weight excluding hydrogens is 240 g/mol. The molecule has 1 amide bonds. The molecule has 5 heteroatoms. The predicted molar refractivity (Wildman–Crippen MR) is 73.9 cm³/mol. The van der Waals surface area contributed by atoms with E-state index in [0.717, 1.165) is 31.9 Å². The van der Waals surface area contributed by atoms with Gasteiger partial charge in [-0.3, -0.25) is 4.79 Å². The minimum atomic E-state index is 0.147. The van der Waals surface area contributed by atoms with Crippen molar-refractivity contribution in [2.24, 2.45) is 0 Å². The van der Waals surface area contributed by atoms with E-state index in [1.165, 1.54) is 0 Å². The van der Waals surface area contributed by atoms with Crippen molar-refractivity contribution in [3.63, 3.8) is 0 Å². The SMILES string of the molecule is CN(CC(=O)N1CCNCC1)c1ccc(C#N)cc1. The Morgan fingerprint density at radius 3 is 2.58 bits per heavy atom. The Labute approximate surface area is 113 Å². The molecule has 19 heavy (non-hydrogen) atoms. The van der Waals surface area contributed by atoms with E-state index in [1.54, 1.807) is 12.1 Å². The summed E-state index contributed by atoms with van der Waals surface area (Å²) in [5, 5.41) is 12.0. The predicted octanol–water partition coefficient (Wildman–Crippen LogP) is 0.426. The molecule has 1 aliphatic rings. The zero-order valence-electron chi connectivity index (χ0n) is 11.1. The lowest BCUT2D eigenvalue weighted by atomic mass is 10.2. The number of carbonyl (C=O) groups excluding carboxylic acids is 1. The highest BCUT2D eigenvalue weighted by atomic mass is 16.2. The quantitative estimate of drug-likeness (QED) is 0.854. The number of benzene rings is 1. The van der Waals surface area contributed by atoms with E-state index < -0.39 is 0 Å². The van der Waals surface area contributed by atoms with Gasteiger partial charge in [-0.05, 0) is 24.3 Å². The van der Waals surface area contributed by atoms with Gasteiger partial charge in [0.05, 0.1) is 18.2 Å². The van der Waals surface area contributed by atoms with Gasteiger partial charge in [0.1, 0.15) is 0 Å². The number of hydrogen-bond donors (Lipinski definition) is 1. The zero-order valence-corrected chi connectivity index (χ0v) is 11.1. The van der Waals surface area contributed by atoms with Crippen LogP contribution < -0.4 is 10.2 Å². The number of amides is 1. The van der Waals surface area contributed by atoms with Gasteiger partial charge in [0.2, 0.25) is 5.91 Å². The van der Waals surface area contributed by atoms with Crippen molar-refractivity contribution >= 4 is 11.6 Å². The first kappa shape index (κ1) is 13.4. The number of rotatable bonds is 3. The molecule has 1 fully saturated rings. The molecule has 0 atom stereocenters. The van der Waals surface area contributed by atoms with Crippen molar-refractivity contribution in [1.82, 2.24) is 10.2 Å². The minimum absolute atomic E-state index is 0.147. The van der Waals surface area contributed by atoms with Crippen LogP contribution in [0.25, 0.3) is 0 Å². The molecule has 100 valence electrons. The Bertz CT molecular complexity index is 471. The summed E-state index contributed by atoms with van der Waals surface area (Å²) in [6, 6.07) is 9.34. The molecule has 0 aliphatic carbocycles. The lowest BCUT2D eigenvalue weighted by molar-refractivity contribution is -0.130. The van der Waals surface area contributed by atoms with E-state index in [2.05, 4.69) is 11.4 Å². The molecule has 0 radical (unpaired) electrons. The molecule has 2 rings (SSSR count). The summed E-state index contributed by atoms with van der Waals surface area (Å²) >= 11 is 0. The van der Waals surface area contributed by atoms with Crippen LogP contribution in [-0.4, -0.2) is 50.6 Å².